The molecule has 1 aliphatic rings. The van der Waals surface area contributed by atoms with Gasteiger partial charge in [0.2, 0.25) is 0 Å². The van der Waals surface area contributed by atoms with Crippen LogP contribution in [0.3, 0.4) is 0 Å². The van der Waals surface area contributed by atoms with Crippen LogP contribution >= 0.6 is 15.9 Å². The predicted octanol–water partition coefficient (Wildman–Crippen LogP) is 1.23. The molecule has 1 aliphatic carbocycles. The van der Waals surface area contributed by atoms with Crippen molar-refractivity contribution in [2.24, 2.45) is 0 Å². The van der Waals surface area contributed by atoms with Crippen LogP contribution in [0.2, 0.25) is 0 Å². The minimum Gasteiger partial charge on any atom is -0.395 e. The van der Waals surface area contributed by atoms with E-state index >= 15 is 0 Å². The van der Waals surface area contributed by atoms with Crippen molar-refractivity contribution in [1.82, 2.24) is 4.90 Å². The second-order valence-corrected chi connectivity index (χ2v) is 3.83. The Morgan fingerprint density at radius 2 is 2.09 bits per heavy atom. The normalized spacial score (nSPS) is 18.8. The maximum Gasteiger partial charge on any atom is 0.0558 e. The van der Waals surface area contributed by atoms with E-state index in [0.29, 0.717) is 6.61 Å². The van der Waals surface area contributed by atoms with Crippen molar-refractivity contribution in [2.75, 3.05) is 25.0 Å². The van der Waals surface area contributed by atoms with Gasteiger partial charge in [0.15, 0.2) is 0 Å². The highest BCUT2D eigenvalue weighted by Gasteiger charge is 2.23. The van der Waals surface area contributed by atoms with Gasteiger partial charge in [0.1, 0.15) is 0 Å². The molecule has 0 aromatic rings. The molecular formula is C8H16BrNO. The van der Waals surface area contributed by atoms with Crippen LogP contribution in [-0.2, 0) is 0 Å². The zero-order valence-corrected chi connectivity index (χ0v) is 8.39. The van der Waals surface area contributed by atoms with Crippen molar-refractivity contribution in [2.45, 2.75) is 25.3 Å². The van der Waals surface area contributed by atoms with Gasteiger partial charge in [0, 0.05) is 24.5 Å². The van der Waals surface area contributed by atoms with Gasteiger partial charge < -0.3 is 5.11 Å². The molecule has 0 heterocycles. The maximum atomic E-state index is 8.77. The van der Waals surface area contributed by atoms with E-state index in [1.54, 1.807) is 0 Å². The van der Waals surface area contributed by atoms with Crippen LogP contribution in [0, 0.1) is 0 Å². The first kappa shape index (κ1) is 9.49. The number of aliphatic hydroxyl groups excluding tert-OH is 1. The van der Waals surface area contributed by atoms with Crippen LogP contribution in [0.5, 0.6) is 0 Å². The Balaban J connectivity index is 2.19. The van der Waals surface area contributed by atoms with Crippen molar-refractivity contribution in [3.63, 3.8) is 0 Å². The Morgan fingerprint density at radius 1 is 1.36 bits per heavy atom. The largest absolute Gasteiger partial charge is 0.395 e. The van der Waals surface area contributed by atoms with Crippen molar-refractivity contribution in [1.29, 1.82) is 0 Å². The summed E-state index contributed by atoms with van der Waals surface area (Å²) >= 11 is 3.42. The number of rotatable bonds is 5. The van der Waals surface area contributed by atoms with Gasteiger partial charge in [0.25, 0.3) is 0 Å². The summed E-state index contributed by atoms with van der Waals surface area (Å²) in [6.07, 6.45) is 4.02. The van der Waals surface area contributed by atoms with E-state index in [1.165, 1.54) is 19.3 Å². The van der Waals surface area contributed by atoms with Gasteiger partial charge in [-0.3, -0.25) is 4.90 Å². The van der Waals surface area contributed by atoms with E-state index in [9.17, 15) is 0 Å². The van der Waals surface area contributed by atoms with Crippen molar-refractivity contribution in [3.05, 3.63) is 0 Å². The van der Waals surface area contributed by atoms with Gasteiger partial charge in [-0.05, 0) is 12.8 Å². The molecule has 11 heavy (non-hydrogen) atoms. The van der Waals surface area contributed by atoms with Crippen molar-refractivity contribution < 1.29 is 5.11 Å². The number of hydrogen-bond donors (Lipinski definition) is 1. The lowest BCUT2D eigenvalue weighted by Crippen LogP contribution is -2.42. The topological polar surface area (TPSA) is 23.5 Å². The van der Waals surface area contributed by atoms with Gasteiger partial charge in [0.05, 0.1) is 6.61 Å². The Bertz CT molecular complexity index is 100. The molecule has 0 bridgehead atoms. The molecule has 0 aromatic heterocycles. The summed E-state index contributed by atoms with van der Waals surface area (Å²) in [5.74, 6) is 0. The summed E-state index contributed by atoms with van der Waals surface area (Å²) < 4.78 is 0. The fraction of sp³-hybridized carbons (Fsp3) is 1.00. The fourth-order valence-electron chi connectivity index (χ4n) is 1.47. The highest BCUT2D eigenvalue weighted by Crippen LogP contribution is 2.24. The third-order valence-electron chi connectivity index (χ3n) is 2.35. The molecule has 66 valence electrons. The molecule has 3 heteroatoms. The molecule has 0 saturated heterocycles. The number of alkyl halides is 1. The van der Waals surface area contributed by atoms with Gasteiger partial charge in [-0.1, -0.05) is 22.4 Å². The quantitative estimate of drug-likeness (QED) is 0.707. The molecule has 0 aromatic carbocycles. The first-order valence-corrected chi connectivity index (χ1v) is 5.41. The summed E-state index contributed by atoms with van der Waals surface area (Å²) in [7, 11) is 0. The molecule has 0 aliphatic heterocycles. The first-order valence-electron chi connectivity index (χ1n) is 4.29. The minimum atomic E-state index is 0.295. The SMILES string of the molecule is OCCN(CCBr)C1CCC1. The van der Waals surface area contributed by atoms with Crippen LogP contribution in [0.4, 0.5) is 0 Å². The molecule has 0 spiro atoms. The average molecular weight is 222 g/mol. The zero-order chi connectivity index (χ0) is 8.10. The number of halogens is 1. The molecule has 0 radical (unpaired) electrons. The van der Waals surface area contributed by atoms with E-state index in [0.717, 1.165) is 24.5 Å². The van der Waals surface area contributed by atoms with Crippen LogP contribution in [0.1, 0.15) is 19.3 Å². The van der Waals surface area contributed by atoms with Crippen LogP contribution < -0.4 is 0 Å². The molecule has 1 fully saturated rings. The number of hydrogen-bond acceptors (Lipinski definition) is 2. The van der Waals surface area contributed by atoms with E-state index in [4.69, 9.17) is 5.11 Å². The molecule has 0 unspecified atom stereocenters. The third-order valence-corrected chi connectivity index (χ3v) is 2.70. The lowest BCUT2D eigenvalue weighted by atomic mass is 9.91. The summed E-state index contributed by atoms with van der Waals surface area (Å²) in [4.78, 5) is 2.37. The smallest absolute Gasteiger partial charge is 0.0558 e. The zero-order valence-electron chi connectivity index (χ0n) is 6.80. The van der Waals surface area contributed by atoms with Gasteiger partial charge >= 0.3 is 0 Å². The average Bonchev–Trinajstić information content (AvgIpc) is 1.85. The number of aliphatic hydroxyl groups is 1. The molecule has 0 atom stereocenters. The van der Waals surface area contributed by atoms with Crippen LogP contribution in [-0.4, -0.2) is 41.1 Å². The third kappa shape index (κ3) is 2.73. The summed E-state index contributed by atoms with van der Waals surface area (Å²) in [6, 6.07) is 0.764. The molecule has 1 rings (SSSR count). The fourth-order valence-corrected chi connectivity index (χ4v) is 1.92. The summed E-state index contributed by atoms with van der Waals surface area (Å²) in [5, 5.41) is 9.79. The Morgan fingerprint density at radius 3 is 2.45 bits per heavy atom. The Kier molecular flexibility index (Phi) is 4.41. The van der Waals surface area contributed by atoms with E-state index in [-0.39, 0.29) is 0 Å². The molecule has 0 amide bonds. The van der Waals surface area contributed by atoms with Crippen LogP contribution in [0.15, 0.2) is 0 Å². The second-order valence-electron chi connectivity index (χ2n) is 3.03. The van der Waals surface area contributed by atoms with E-state index in [2.05, 4.69) is 20.8 Å². The summed E-state index contributed by atoms with van der Waals surface area (Å²) in [6.45, 7) is 2.21. The van der Waals surface area contributed by atoms with Gasteiger partial charge in [-0.25, -0.2) is 0 Å². The Hall–Kier alpha value is 0.400. The van der Waals surface area contributed by atoms with Crippen LogP contribution in [0.25, 0.3) is 0 Å². The summed E-state index contributed by atoms with van der Waals surface area (Å²) in [5.41, 5.74) is 0. The highest BCUT2D eigenvalue weighted by molar-refractivity contribution is 9.09. The van der Waals surface area contributed by atoms with E-state index < -0.39 is 0 Å². The predicted molar refractivity (Wildman–Crippen MR) is 50.1 cm³/mol. The second kappa shape index (κ2) is 5.12. The lowest BCUT2D eigenvalue weighted by Gasteiger charge is -2.36. The van der Waals surface area contributed by atoms with Crippen molar-refractivity contribution >= 4 is 15.9 Å². The molecule has 2 nitrogen and oxygen atoms in total. The van der Waals surface area contributed by atoms with E-state index in [1.807, 2.05) is 0 Å². The monoisotopic (exact) mass is 221 g/mol. The van der Waals surface area contributed by atoms with Crippen molar-refractivity contribution in [3.8, 4) is 0 Å². The lowest BCUT2D eigenvalue weighted by molar-refractivity contribution is 0.109. The molecular weight excluding hydrogens is 206 g/mol. The number of nitrogens with zero attached hydrogens (tertiary/aromatic N) is 1. The maximum absolute atomic E-state index is 8.77. The standard InChI is InChI=1S/C8H16BrNO/c9-4-5-10(6-7-11)8-2-1-3-8/h8,11H,1-7H2. The highest BCUT2D eigenvalue weighted by atomic mass is 79.9. The molecule has 1 N–H and O–H groups in total. The minimum absolute atomic E-state index is 0.295. The molecule has 1 saturated carbocycles. The first-order chi connectivity index (χ1) is 5.38. The Labute approximate surface area is 76.7 Å². The van der Waals surface area contributed by atoms with Gasteiger partial charge in [-0.2, -0.15) is 0 Å². The van der Waals surface area contributed by atoms with Gasteiger partial charge in [-0.15, -0.1) is 0 Å².